The fourth-order valence-corrected chi connectivity index (χ4v) is 1.94. The lowest BCUT2D eigenvalue weighted by Crippen LogP contribution is -2.16. The fourth-order valence-electron chi connectivity index (χ4n) is 1.68. The summed E-state index contributed by atoms with van der Waals surface area (Å²) >= 11 is 6.26. The number of aryl methyl sites for hydroxylation is 1. The molecule has 1 unspecified atom stereocenters. The highest BCUT2D eigenvalue weighted by Crippen LogP contribution is 2.28. The summed E-state index contributed by atoms with van der Waals surface area (Å²) in [4.78, 5) is 0. The monoisotopic (exact) mass is 211 g/mol. The highest BCUT2D eigenvalue weighted by atomic mass is 35.5. The van der Waals surface area contributed by atoms with Crippen molar-refractivity contribution in [2.24, 2.45) is 0 Å². The van der Waals surface area contributed by atoms with Gasteiger partial charge in [0.25, 0.3) is 0 Å². The van der Waals surface area contributed by atoms with Crippen LogP contribution in [-0.4, -0.2) is 7.05 Å². The molecule has 0 bridgehead atoms. The van der Waals surface area contributed by atoms with Gasteiger partial charge in [-0.1, -0.05) is 43.1 Å². The number of benzene rings is 1. The number of nitrogens with one attached hydrogen (secondary N) is 1. The van der Waals surface area contributed by atoms with Gasteiger partial charge in [-0.3, -0.25) is 0 Å². The second kappa shape index (κ2) is 5.38. The van der Waals surface area contributed by atoms with Crippen molar-refractivity contribution in [1.82, 2.24) is 5.32 Å². The molecule has 1 atom stereocenters. The van der Waals surface area contributed by atoms with Crippen molar-refractivity contribution in [3.05, 3.63) is 34.3 Å². The van der Waals surface area contributed by atoms with Crippen molar-refractivity contribution >= 4 is 11.6 Å². The molecule has 1 nitrogen and oxygen atoms in total. The van der Waals surface area contributed by atoms with Gasteiger partial charge in [-0.15, -0.1) is 0 Å². The maximum atomic E-state index is 6.26. The molecule has 0 radical (unpaired) electrons. The number of hydrogen-bond acceptors (Lipinski definition) is 1. The number of halogens is 1. The first kappa shape index (κ1) is 11.5. The van der Waals surface area contributed by atoms with Gasteiger partial charge in [0.2, 0.25) is 0 Å². The van der Waals surface area contributed by atoms with E-state index >= 15 is 0 Å². The standard InChI is InChI=1S/C12H18ClN/c1-4-6-11(14-3)10-8-5-7-9(2)12(10)13/h5,7-8,11,14H,4,6H2,1-3H3. The molecule has 14 heavy (non-hydrogen) atoms. The Morgan fingerprint density at radius 1 is 1.43 bits per heavy atom. The van der Waals surface area contributed by atoms with Gasteiger partial charge < -0.3 is 5.32 Å². The van der Waals surface area contributed by atoms with Crippen LogP contribution in [0.1, 0.15) is 36.9 Å². The van der Waals surface area contributed by atoms with E-state index in [2.05, 4.69) is 24.4 Å². The Kier molecular flexibility index (Phi) is 4.43. The Hall–Kier alpha value is -0.530. The van der Waals surface area contributed by atoms with E-state index < -0.39 is 0 Å². The predicted molar refractivity (Wildman–Crippen MR) is 62.9 cm³/mol. The molecule has 0 aliphatic rings. The van der Waals surface area contributed by atoms with Gasteiger partial charge in [0.05, 0.1) is 0 Å². The zero-order valence-corrected chi connectivity index (χ0v) is 9.86. The second-order valence-electron chi connectivity index (χ2n) is 3.61. The molecular formula is C12H18ClN. The molecular weight excluding hydrogens is 194 g/mol. The molecule has 78 valence electrons. The lowest BCUT2D eigenvalue weighted by Gasteiger charge is -2.18. The summed E-state index contributed by atoms with van der Waals surface area (Å²) in [6.07, 6.45) is 2.29. The zero-order chi connectivity index (χ0) is 10.6. The Morgan fingerprint density at radius 3 is 2.71 bits per heavy atom. The highest BCUT2D eigenvalue weighted by molar-refractivity contribution is 6.32. The third-order valence-corrected chi connectivity index (χ3v) is 3.04. The minimum Gasteiger partial charge on any atom is -0.313 e. The van der Waals surface area contributed by atoms with Gasteiger partial charge in [0, 0.05) is 11.1 Å². The van der Waals surface area contributed by atoms with Crippen LogP contribution in [0.2, 0.25) is 5.02 Å². The molecule has 1 aromatic carbocycles. The third-order valence-electron chi connectivity index (χ3n) is 2.52. The van der Waals surface area contributed by atoms with Gasteiger partial charge in [-0.2, -0.15) is 0 Å². The molecule has 0 aliphatic heterocycles. The first-order chi connectivity index (χ1) is 6.70. The molecule has 0 saturated carbocycles. The Balaban J connectivity index is 2.97. The number of hydrogen-bond donors (Lipinski definition) is 1. The van der Waals surface area contributed by atoms with Crippen LogP contribution in [0, 0.1) is 6.92 Å². The topological polar surface area (TPSA) is 12.0 Å². The van der Waals surface area contributed by atoms with E-state index in [1.165, 1.54) is 5.56 Å². The van der Waals surface area contributed by atoms with Crippen LogP contribution in [0.15, 0.2) is 18.2 Å². The summed E-state index contributed by atoms with van der Waals surface area (Å²) in [5.41, 5.74) is 2.37. The molecule has 0 spiro atoms. The number of rotatable bonds is 4. The van der Waals surface area contributed by atoms with Gasteiger partial charge in [0.1, 0.15) is 0 Å². The first-order valence-electron chi connectivity index (χ1n) is 5.13. The van der Waals surface area contributed by atoms with Crippen LogP contribution in [0.5, 0.6) is 0 Å². The van der Waals surface area contributed by atoms with E-state index in [1.54, 1.807) is 0 Å². The van der Waals surface area contributed by atoms with Crippen molar-refractivity contribution in [3.63, 3.8) is 0 Å². The lowest BCUT2D eigenvalue weighted by atomic mass is 10.0. The second-order valence-corrected chi connectivity index (χ2v) is 3.99. The maximum Gasteiger partial charge on any atom is 0.0482 e. The molecule has 1 aromatic rings. The van der Waals surface area contributed by atoms with E-state index in [-0.39, 0.29) is 0 Å². The van der Waals surface area contributed by atoms with E-state index in [0.717, 1.165) is 23.4 Å². The Bertz CT molecular complexity index is 296. The van der Waals surface area contributed by atoms with Crippen molar-refractivity contribution in [2.45, 2.75) is 32.7 Å². The van der Waals surface area contributed by atoms with Gasteiger partial charge in [-0.05, 0) is 31.5 Å². The summed E-state index contributed by atoms with van der Waals surface area (Å²) < 4.78 is 0. The average Bonchev–Trinajstić information content (AvgIpc) is 2.19. The van der Waals surface area contributed by atoms with Crippen molar-refractivity contribution < 1.29 is 0 Å². The summed E-state index contributed by atoms with van der Waals surface area (Å²) in [5.74, 6) is 0. The third kappa shape index (κ3) is 2.49. The first-order valence-corrected chi connectivity index (χ1v) is 5.50. The van der Waals surface area contributed by atoms with Gasteiger partial charge in [-0.25, -0.2) is 0 Å². The molecule has 0 saturated heterocycles. The molecule has 0 fully saturated rings. The van der Waals surface area contributed by atoms with Crippen molar-refractivity contribution in [1.29, 1.82) is 0 Å². The SMILES string of the molecule is CCCC(NC)c1cccc(C)c1Cl. The summed E-state index contributed by atoms with van der Waals surface area (Å²) in [7, 11) is 1.99. The normalized spacial score (nSPS) is 12.9. The van der Waals surface area contributed by atoms with Crippen LogP contribution in [0.4, 0.5) is 0 Å². The fraction of sp³-hybridized carbons (Fsp3) is 0.500. The largest absolute Gasteiger partial charge is 0.313 e. The lowest BCUT2D eigenvalue weighted by molar-refractivity contribution is 0.541. The van der Waals surface area contributed by atoms with Crippen LogP contribution >= 0.6 is 11.6 Å². The average molecular weight is 212 g/mol. The molecule has 2 heteroatoms. The van der Waals surface area contributed by atoms with Crippen molar-refractivity contribution in [2.75, 3.05) is 7.05 Å². The predicted octanol–water partition coefficient (Wildman–Crippen LogP) is 3.71. The van der Waals surface area contributed by atoms with E-state index in [4.69, 9.17) is 11.6 Å². The summed E-state index contributed by atoms with van der Waals surface area (Å²) in [6, 6.07) is 6.60. The summed E-state index contributed by atoms with van der Waals surface area (Å²) in [5, 5.41) is 4.21. The molecule has 1 rings (SSSR count). The van der Waals surface area contributed by atoms with Gasteiger partial charge in [0.15, 0.2) is 0 Å². The van der Waals surface area contributed by atoms with E-state index in [1.807, 2.05) is 20.0 Å². The maximum absolute atomic E-state index is 6.26. The quantitative estimate of drug-likeness (QED) is 0.801. The molecule has 0 heterocycles. The Morgan fingerprint density at radius 2 is 2.14 bits per heavy atom. The van der Waals surface area contributed by atoms with Crippen LogP contribution in [0.3, 0.4) is 0 Å². The zero-order valence-electron chi connectivity index (χ0n) is 9.10. The van der Waals surface area contributed by atoms with Crippen LogP contribution in [0.25, 0.3) is 0 Å². The van der Waals surface area contributed by atoms with Gasteiger partial charge >= 0.3 is 0 Å². The smallest absolute Gasteiger partial charge is 0.0482 e. The molecule has 0 aliphatic carbocycles. The van der Waals surface area contributed by atoms with Crippen LogP contribution in [-0.2, 0) is 0 Å². The minimum absolute atomic E-state index is 0.382. The van der Waals surface area contributed by atoms with E-state index in [9.17, 15) is 0 Å². The molecule has 1 N–H and O–H groups in total. The highest BCUT2D eigenvalue weighted by Gasteiger charge is 2.12. The minimum atomic E-state index is 0.382. The summed E-state index contributed by atoms with van der Waals surface area (Å²) in [6.45, 7) is 4.23. The Labute approximate surface area is 91.5 Å². The van der Waals surface area contributed by atoms with Crippen molar-refractivity contribution in [3.8, 4) is 0 Å². The molecule has 0 aromatic heterocycles. The van der Waals surface area contributed by atoms with E-state index in [0.29, 0.717) is 6.04 Å². The van der Waals surface area contributed by atoms with Crippen LogP contribution < -0.4 is 5.32 Å². The molecule has 0 amide bonds.